The molecule has 3 amide bonds. The Kier molecular flexibility index (Phi) is 6.91. The molecule has 4 bridgehead atoms. The van der Waals surface area contributed by atoms with E-state index in [9.17, 15) is 14.4 Å². The molecule has 10 nitrogen and oxygen atoms in total. The molecule has 0 aliphatic carbocycles. The molecule has 1 aromatic heterocycles. The third-order valence-electron chi connectivity index (χ3n) is 6.67. The summed E-state index contributed by atoms with van der Waals surface area (Å²) in [4.78, 5) is 42.0. The van der Waals surface area contributed by atoms with Gasteiger partial charge in [0.2, 0.25) is 5.91 Å². The Morgan fingerprint density at radius 1 is 1.14 bits per heavy atom. The van der Waals surface area contributed by atoms with Crippen molar-refractivity contribution in [3.63, 3.8) is 0 Å². The van der Waals surface area contributed by atoms with Gasteiger partial charge in [-0.3, -0.25) is 19.5 Å². The van der Waals surface area contributed by atoms with Gasteiger partial charge in [-0.05, 0) is 54.8 Å². The summed E-state index contributed by atoms with van der Waals surface area (Å²) in [5.41, 5.74) is 2.61. The lowest BCUT2D eigenvalue weighted by Crippen LogP contribution is -2.58. The van der Waals surface area contributed by atoms with E-state index in [2.05, 4.69) is 15.5 Å². The number of piperidine rings is 1. The molecule has 37 heavy (non-hydrogen) atoms. The van der Waals surface area contributed by atoms with Crippen LogP contribution in [0.4, 0.5) is 0 Å². The van der Waals surface area contributed by atoms with Gasteiger partial charge in [-0.2, -0.15) is 5.10 Å². The fourth-order valence-electron chi connectivity index (χ4n) is 4.63. The number of aryl methyl sites for hydroxylation is 1. The number of likely N-dealkylation sites (N-methyl/N-ethyl adjacent to an activating group) is 1. The number of nitrogens with one attached hydrogen (secondary N) is 2. The first-order valence-electron chi connectivity index (χ1n) is 12.2. The Labute approximate surface area is 214 Å². The maximum absolute atomic E-state index is 13.1. The van der Waals surface area contributed by atoms with E-state index in [4.69, 9.17) is 9.47 Å². The zero-order chi connectivity index (χ0) is 25.9. The van der Waals surface area contributed by atoms with Gasteiger partial charge in [0.05, 0.1) is 25.3 Å². The first-order chi connectivity index (χ1) is 17.9. The number of aromatic amines is 1. The number of carbonyl (C=O) groups is 3. The average molecular weight is 504 g/mol. The van der Waals surface area contributed by atoms with Crippen molar-refractivity contribution in [3.8, 4) is 11.5 Å². The van der Waals surface area contributed by atoms with E-state index in [1.807, 2.05) is 37.3 Å². The number of hydrogen-bond donors (Lipinski definition) is 2. The number of H-pyrrole nitrogens is 1. The quantitative estimate of drug-likeness (QED) is 0.527. The van der Waals surface area contributed by atoms with Crippen LogP contribution in [0.25, 0.3) is 0 Å². The summed E-state index contributed by atoms with van der Waals surface area (Å²) >= 11 is 0. The summed E-state index contributed by atoms with van der Waals surface area (Å²) < 4.78 is 12.4. The topological polar surface area (TPSA) is 117 Å². The zero-order valence-corrected chi connectivity index (χ0v) is 20.8. The Morgan fingerprint density at radius 2 is 2.00 bits per heavy atom. The van der Waals surface area contributed by atoms with Gasteiger partial charge >= 0.3 is 0 Å². The first kappa shape index (κ1) is 24.5. The Morgan fingerprint density at radius 3 is 2.81 bits per heavy atom. The fourth-order valence-corrected chi connectivity index (χ4v) is 4.63. The standard InChI is InChI=1S/C27H29N5O5/c1-17-6-7-19-13-24(17)37-20-5-3-4-18(12-20)16-36-23-9-11-32(27(35)21-8-10-28-30-21)14-22(23)29-25(33)15-31(2)26(19)34/h3-8,10,12-13,22-23H,9,11,14-16H2,1-2H3,(H,28,30)(H,29,33)/t22-,23+/m0/s1. The molecule has 2 aliphatic rings. The van der Waals surface area contributed by atoms with Crippen LogP contribution < -0.4 is 10.1 Å². The maximum Gasteiger partial charge on any atom is 0.271 e. The molecule has 3 heterocycles. The van der Waals surface area contributed by atoms with Crippen LogP contribution in [0.2, 0.25) is 0 Å². The van der Waals surface area contributed by atoms with E-state index >= 15 is 0 Å². The molecule has 2 N–H and O–H groups in total. The lowest BCUT2D eigenvalue weighted by atomic mass is 10.0. The first-order valence-corrected chi connectivity index (χ1v) is 12.2. The normalized spacial score (nSPS) is 20.6. The predicted octanol–water partition coefficient (Wildman–Crippen LogP) is 2.51. The second-order valence-electron chi connectivity index (χ2n) is 9.42. The smallest absolute Gasteiger partial charge is 0.271 e. The molecule has 0 spiro atoms. The van der Waals surface area contributed by atoms with Gasteiger partial charge in [0, 0.05) is 31.9 Å². The Bertz CT molecular complexity index is 1310. The second-order valence-corrected chi connectivity index (χ2v) is 9.42. The minimum atomic E-state index is -0.449. The third-order valence-corrected chi connectivity index (χ3v) is 6.67. The van der Waals surface area contributed by atoms with Crippen molar-refractivity contribution < 1.29 is 23.9 Å². The highest BCUT2D eigenvalue weighted by Gasteiger charge is 2.34. The van der Waals surface area contributed by atoms with Crippen LogP contribution in [-0.4, -0.2) is 76.5 Å². The molecule has 2 atom stereocenters. The number of rotatable bonds is 1. The lowest BCUT2D eigenvalue weighted by Gasteiger charge is -2.38. The fraction of sp³-hybridized carbons (Fsp3) is 0.333. The van der Waals surface area contributed by atoms with Crippen molar-refractivity contribution in [1.82, 2.24) is 25.3 Å². The largest absolute Gasteiger partial charge is 0.457 e. The van der Waals surface area contributed by atoms with E-state index in [1.54, 1.807) is 30.1 Å². The summed E-state index contributed by atoms with van der Waals surface area (Å²) in [7, 11) is 1.58. The number of nitrogens with zero attached hydrogens (tertiary/aromatic N) is 3. The van der Waals surface area contributed by atoms with E-state index in [0.717, 1.165) is 11.1 Å². The van der Waals surface area contributed by atoms with Crippen molar-refractivity contribution in [2.24, 2.45) is 0 Å². The number of likely N-dealkylation sites (tertiary alicyclic amines) is 1. The van der Waals surface area contributed by atoms with Gasteiger partial charge in [-0.25, -0.2) is 0 Å². The summed E-state index contributed by atoms with van der Waals surface area (Å²) in [6.07, 6.45) is 1.75. The molecule has 1 fully saturated rings. The molecule has 5 rings (SSSR count). The summed E-state index contributed by atoms with van der Waals surface area (Å²) in [5, 5.41) is 9.56. The monoisotopic (exact) mass is 503 g/mol. The highest BCUT2D eigenvalue weighted by molar-refractivity contribution is 5.97. The van der Waals surface area contributed by atoms with Crippen LogP contribution in [-0.2, 0) is 16.1 Å². The summed E-state index contributed by atoms with van der Waals surface area (Å²) in [6.45, 7) is 2.84. The van der Waals surface area contributed by atoms with Crippen LogP contribution >= 0.6 is 0 Å². The van der Waals surface area contributed by atoms with Crippen molar-refractivity contribution in [2.75, 3.05) is 26.7 Å². The Balaban J connectivity index is 1.42. The van der Waals surface area contributed by atoms with Crippen molar-refractivity contribution in [1.29, 1.82) is 0 Å². The number of fused-ring (bicyclic) bond motifs is 5. The molecule has 2 aliphatic heterocycles. The number of ether oxygens (including phenoxy) is 2. The van der Waals surface area contributed by atoms with Crippen LogP contribution in [0.5, 0.6) is 11.5 Å². The third kappa shape index (κ3) is 5.49. The lowest BCUT2D eigenvalue weighted by molar-refractivity contribution is -0.124. The number of aromatic nitrogens is 2. The highest BCUT2D eigenvalue weighted by Crippen LogP contribution is 2.28. The summed E-state index contributed by atoms with van der Waals surface area (Å²) in [5.74, 6) is 0.392. The molecular weight excluding hydrogens is 474 g/mol. The molecule has 0 unspecified atom stereocenters. The van der Waals surface area contributed by atoms with Crippen LogP contribution in [0.15, 0.2) is 54.7 Å². The number of carbonyl (C=O) groups excluding carboxylic acids is 3. The van der Waals surface area contributed by atoms with Crippen LogP contribution in [0, 0.1) is 6.92 Å². The van der Waals surface area contributed by atoms with Gasteiger partial charge in [0.15, 0.2) is 0 Å². The summed E-state index contributed by atoms with van der Waals surface area (Å²) in [6, 6.07) is 14.0. The van der Waals surface area contributed by atoms with E-state index in [0.29, 0.717) is 42.3 Å². The van der Waals surface area contributed by atoms with Crippen molar-refractivity contribution >= 4 is 17.7 Å². The molecule has 0 radical (unpaired) electrons. The Hall–Kier alpha value is -4.18. The minimum absolute atomic E-state index is 0.139. The van der Waals surface area contributed by atoms with E-state index in [1.165, 1.54) is 11.1 Å². The molecule has 192 valence electrons. The SMILES string of the molecule is Cc1ccc2cc1Oc1cccc(c1)CO[C@@H]1CCN(C(=O)c3ccn[nH]3)C[C@@H]1NC(=O)CN(C)C2=O. The molecule has 3 aromatic rings. The predicted molar refractivity (Wildman–Crippen MR) is 134 cm³/mol. The van der Waals surface area contributed by atoms with Gasteiger partial charge in [-0.15, -0.1) is 0 Å². The van der Waals surface area contributed by atoms with Gasteiger partial charge in [0.25, 0.3) is 11.8 Å². The molecule has 0 saturated carbocycles. The van der Waals surface area contributed by atoms with Gasteiger partial charge < -0.3 is 24.6 Å². The second kappa shape index (κ2) is 10.4. The number of benzene rings is 2. The van der Waals surface area contributed by atoms with Gasteiger partial charge in [0.1, 0.15) is 17.2 Å². The van der Waals surface area contributed by atoms with Crippen LogP contribution in [0.1, 0.15) is 38.4 Å². The average Bonchev–Trinajstić information content (AvgIpc) is 3.43. The highest BCUT2D eigenvalue weighted by atomic mass is 16.5. The molecule has 1 saturated heterocycles. The zero-order valence-electron chi connectivity index (χ0n) is 20.8. The van der Waals surface area contributed by atoms with Gasteiger partial charge in [-0.1, -0.05) is 18.2 Å². The number of hydrogen-bond acceptors (Lipinski definition) is 6. The molecular formula is C27H29N5O5. The van der Waals surface area contributed by atoms with Crippen molar-refractivity contribution in [3.05, 3.63) is 77.1 Å². The number of amides is 3. The van der Waals surface area contributed by atoms with E-state index in [-0.39, 0.29) is 36.9 Å². The minimum Gasteiger partial charge on any atom is -0.457 e. The molecule has 10 heteroatoms. The molecule has 2 aromatic carbocycles. The maximum atomic E-state index is 13.1. The van der Waals surface area contributed by atoms with Crippen LogP contribution in [0.3, 0.4) is 0 Å². The van der Waals surface area contributed by atoms with E-state index < -0.39 is 6.04 Å². The van der Waals surface area contributed by atoms with Crippen molar-refractivity contribution in [2.45, 2.75) is 32.1 Å².